The maximum Gasteiger partial charge on any atom is 0.217 e. The third-order valence-corrected chi connectivity index (χ3v) is 5.25. The summed E-state index contributed by atoms with van der Waals surface area (Å²) in [5.74, 6) is -2.26. The molecule has 0 spiro atoms. The second kappa shape index (κ2) is 5.03. The van der Waals surface area contributed by atoms with E-state index in [-0.39, 0.29) is 5.90 Å². The molecular weight excluding hydrogens is 306 g/mol. The molecule has 0 radical (unpaired) electrons. The summed E-state index contributed by atoms with van der Waals surface area (Å²) >= 11 is 0. The minimum Gasteiger partial charge on any atom is -0.447 e. The highest BCUT2D eigenvalue weighted by molar-refractivity contribution is 5.89. The monoisotopic (exact) mass is 321 g/mol. The van der Waals surface area contributed by atoms with Crippen molar-refractivity contribution in [1.29, 1.82) is 21.2 Å². The van der Waals surface area contributed by atoms with Gasteiger partial charge in [-0.3, -0.25) is 10.4 Å². The van der Waals surface area contributed by atoms with E-state index in [9.17, 15) is 15.8 Å². The molecule has 0 saturated carbocycles. The lowest BCUT2D eigenvalue weighted by molar-refractivity contribution is -0.281. The number of hydrogen-bond donors (Lipinski definition) is 1. The Bertz CT molecular complexity index is 804. The average molecular weight is 321 g/mol. The van der Waals surface area contributed by atoms with Gasteiger partial charge >= 0.3 is 0 Å². The van der Waals surface area contributed by atoms with Crippen LogP contribution in [0, 0.1) is 56.2 Å². The number of rotatable bonds is 2. The number of nitrogens with zero attached hydrogens (tertiary/aromatic N) is 4. The maximum absolute atomic E-state index is 9.93. The number of hydrogen-bond acceptors (Lipinski definition) is 7. The molecule has 1 aromatic heterocycles. The highest BCUT2D eigenvalue weighted by Gasteiger charge is 2.79. The Hall–Kier alpha value is -2.95. The number of aromatic nitrogens is 1. The smallest absolute Gasteiger partial charge is 0.217 e. The van der Waals surface area contributed by atoms with Crippen LogP contribution in [0.15, 0.2) is 24.4 Å². The summed E-state index contributed by atoms with van der Waals surface area (Å²) in [6.07, 6.45) is 0.811. The van der Waals surface area contributed by atoms with Gasteiger partial charge in [-0.1, -0.05) is 19.9 Å². The molecule has 0 amide bonds. The van der Waals surface area contributed by atoms with Crippen molar-refractivity contribution in [3.63, 3.8) is 0 Å². The summed E-state index contributed by atoms with van der Waals surface area (Å²) in [6, 6.07) is 11.1. The molecule has 2 aliphatic rings. The van der Waals surface area contributed by atoms with Gasteiger partial charge in [0, 0.05) is 12.6 Å². The lowest BCUT2D eigenvalue weighted by Crippen LogP contribution is -2.58. The zero-order valence-electron chi connectivity index (χ0n) is 13.3. The van der Waals surface area contributed by atoms with Crippen molar-refractivity contribution in [2.75, 3.05) is 0 Å². The number of nitrogens with one attached hydrogen (secondary N) is 1. The fraction of sp³-hybridized carbons (Fsp3) is 0.471. The predicted octanol–water partition coefficient (Wildman–Crippen LogP) is 2.45. The first kappa shape index (κ1) is 15.9. The first-order valence-corrected chi connectivity index (χ1v) is 7.58. The van der Waals surface area contributed by atoms with Gasteiger partial charge in [-0.15, -0.1) is 0 Å². The summed E-state index contributed by atoms with van der Waals surface area (Å²) in [6.45, 7) is 3.50. The first-order chi connectivity index (χ1) is 11.5. The van der Waals surface area contributed by atoms with Gasteiger partial charge in [-0.05, 0) is 12.1 Å². The van der Waals surface area contributed by atoms with Crippen molar-refractivity contribution in [3.8, 4) is 18.2 Å². The van der Waals surface area contributed by atoms with E-state index in [1.165, 1.54) is 6.20 Å². The standard InChI is InChI=1S/C17H15N5O2/c1-3-17-11(2)16(10-20,14(21)24-17)15(8-18,9-19)13(23-17)12-6-4-5-7-22-12/h4-7,11,13,21H,3H2,1-2H3/t11-,13+,16+,17+/m1/s1. The lowest BCUT2D eigenvalue weighted by Gasteiger charge is -2.48. The fourth-order valence-corrected chi connectivity index (χ4v) is 3.84. The molecule has 7 heteroatoms. The zero-order valence-corrected chi connectivity index (χ0v) is 13.3. The third-order valence-electron chi connectivity index (χ3n) is 5.25. The molecule has 0 aromatic carbocycles. The number of nitriles is 3. The van der Waals surface area contributed by atoms with Gasteiger partial charge in [-0.25, -0.2) is 0 Å². The van der Waals surface area contributed by atoms with Gasteiger partial charge in [0.2, 0.25) is 17.1 Å². The van der Waals surface area contributed by atoms with Crippen LogP contribution in [0.3, 0.4) is 0 Å². The topological polar surface area (TPSA) is 127 Å². The molecule has 120 valence electrons. The fourth-order valence-electron chi connectivity index (χ4n) is 3.84. The van der Waals surface area contributed by atoms with Crippen LogP contribution < -0.4 is 0 Å². The van der Waals surface area contributed by atoms with E-state index in [1.54, 1.807) is 25.1 Å². The van der Waals surface area contributed by atoms with Crippen molar-refractivity contribution < 1.29 is 9.47 Å². The summed E-state index contributed by atoms with van der Waals surface area (Å²) < 4.78 is 11.7. The maximum atomic E-state index is 9.93. The molecule has 4 atom stereocenters. The molecule has 7 nitrogen and oxygen atoms in total. The van der Waals surface area contributed by atoms with E-state index in [4.69, 9.17) is 14.9 Å². The van der Waals surface area contributed by atoms with Gasteiger partial charge in [0.15, 0.2) is 5.41 Å². The Morgan fingerprint density at radius 2 is 1.96 bits per heavy atom. The van der Waals surface area contributed by atoms with Gasteiger partial charge < -0.3 is 9.47 Å². The molecule has 1 N–H and O–H groups in total. The van der Waals surface area contributed by atoms with Crippen LogP contribution in [0.2, 0.25) is 0 Å². The lowest BCUT2D eigenvalue weighted by atomic mass is 9.54. The van der Waals surface area contributed by atoms with E-state index in [2.05, 4.69) is 11.1 Å². The van der Waals surface area contributed by atoms with Crippen LogP contribution >= 0.6 is 0 Å². The first-order valence-electron chi connectivity index (χ1n) is 7.58. The summed E-state index contributed by atoms with van der Waals surface area (Å²) in [4.78, 5) is 4.21. The molecule has 0 aliphatic carbocycles. The molecule has 1 aromatic rings. The van der Waals surface area contributed by atoms with E-state index >= 15 is 0 Å². The summed E-state index contributed by atoms with van der Waals surface area (Å²) in [5.41, 5.74) is -3.28. The molecule has 3 rings (SSSR count). The number of fused-ring (bicyclic) bond motifs is 2. The second-order valence-corrected chi connectivity index (χ2v) is 6.02. The van der Waals surface area contributed by atoms with Crippen LogP contribution in [-0.2, 0) is 9.47 Å². The molecular formula is C17H15N5O2. The van der Waals surface area contributed by atoms with E-state index < -0.39 is 28.6 Å². The van der Waals surface area contributed by atoms with Crippen molar-refractivity contribution >= 4 is 5.90 Å². The Kier molecular flexibility index (Phi) is 3.34. The predicted molar refractivity (Wildman–Crippen MR) is 80.8 cm³/mol. The minimum atomic E-state index is -1.93. The van der Waals surface area contributed by atoms with E-state index in [1.807, 2.05) is 19.1 Å². The van der Waals surface area contributed by atoms with Gasteiger partial charge in [0.1, 0.15) is 6.10 Å². The van der Waals surface area contributed by atoms with Crippen molar-refractivity contribution in [2.45, 2.75) is 32.2 Å². The van der Waals surface area contributed by atoms with Gasteiger partial charge in [0.05, 0.1) is 29.8 Å². The largest absolute Gasteiger partial charge is 0.447 e. The summed E-state index contributed by atoms with van der Waals surface area (Å²) in [5, 5.41) is 38.0. The van der Waals surface area contributed by atoms with E-state index in [0.29, 0.717) is 12.1 Å². The molecule has 2 aliphatic heterocycles. The molecule has 2 bridgehead atoms. The number of pyridine rings is 1. The zero-order chi connectivity index (χ0) is 17.6. The highest BCUT2D eigenvalue weighted by Crippen LogP contribution is 2.66. The van der Waals surface area contributed by atoms with Crippen molar-refractivity contribution in [1.82, 2.24) is 4.98 Å². The Morgan fingerprint density at radius 3 is 2.46 bits per heavy atom. The van der Waals surface area contributed by atoms with Gasteiger partial charge in [-0.2, -0.15) is 15.8 Å². The SMILES string of the molecule is CC[C@]12OC(=N)[C@](C#N)([C@H]1C)C(C#N)(C#N)[C@H](c1ccccn1)O2. The Morgan fingerprint density at radius 1 is 1.25 bits per heavy atom. The van der Waals surface area contributed by atoms with Crippen LogP contribution in [0.25, 0.3) is 0 Å². The second-order valence-electron chi connectivity index (χ2n) is 6.02. The molecule has 2 saturated heterocycles. The van der Waals surface area contributed by atoms with Crippen LogP contribution in [0.5, 0.6) is 0 Å². The average Bonchev–Trinajstić information content (AvgIpc) is 2.78. The summed E-state index contributed by atoms with van der Waals surface area (Å²) in [7, 11) is 0. The molecule has 24 heavy (non-hydrogen) atoms. The molecule has 0 unspecified atom stereocenters. The van der Waals surface area contributed by atoms with Crippen molar-refractivity contribution in [2.24, 2.45) is 16.7 Å². The normalized spacial score (nSPS) is 36.0. The van der Waals surface area contributed by atoms with Crippen molar-refractivity contribution in [3.05, 3.63) is 30.1 Å². The number of ether oxygens (including phenoxy) is 2. The van der Waals surface area contributed by atoms with E-state index in [0.717, 1.165) is 0 Å². The van der Waals surface area contributed by atoms with Gasteiger partial charge in [0.25, 0.3) is 0 Å². The third kappa shape index (κ3) is 1.51. The van der Waals surface area contributed by atoms with Crippen LogP contribution in [0.1, 0.15) is 32.1 Å². The quantitative estimate of drug-likeness (QED) is 0.891. The Balaban J connectivity index is 2.34. The molecule has 3 heterocycles. The minimum absolute atomic E-state index is 0.364. The van der Waals surface area contributed by atoms with Crippen LogP contribution in [0.4, 0.5) is 0 Å². The molecule has 2 fully saturated rings. The highest BCUT2D eigenvalue weighted by atomic mass is 16.7. The Labute approximate surface area is 139 Å². The van der Waals surface area contributed by atoms with Crippen LogP contribution in [-0.4, -0.2) is 16.7 Å².